The number of carbonyl (C=O) groups is 1. The predicted molar refractivity (Wildman–Crippen MR) is 118 cm³/mol. The average Bonchev–Trinajstić information content (AvgIpc) is 2.72. The fourth-order valence-corrected chi connectivity index (χ4v) is 3.65. The lowest BCUT2D eigenvalue weighted by Crippen LogP contribution is -2.15. The Morgan fingerprint density at radius 2 is 1.70 bits per heavy atom. The second-order valence-electron chi connectivity index (χ2n) is 6.56. The molecular weight excluding hydrogens is 398 g/mol. The van der Waals surface area contributed by atoms with Gasteiger partial charge in [-0.3, -0.25) is 4.79 Å². The van der Waals surface area contributed by atoms with E-state index >= 15 is 0 Å². The monoisotopic (exact) mass is 423 g/mol. The summed E-state index contributed by atoms with van der Waals surface area (Å²) in [7, 11) is 0. The van der Waals surface area contributed by atoms with Crippen molar-refractivity contribution in [3.63, 3.8) is 0 Å². The second-order valence-corrected chi connectivity index (χ2v) is 7.60. The SMILES string of the molecule is CCOCCOc1ccccc1C(=O)Nc1ccc(Sc2nc(C)cc(C)n2)cc1. The third-order valence-corrected chi connectivity index (χ3v) is 4.98. The van der Waals surface area contributed by atoms with Crippen molar-refractivity contribution < 1.29 is 14.3 Å². The molecule has 0 radical (unpaired) electrons. The van der Waals surface area contributed by atoms with E-state index in [1.54, 1.807) is 12.1 Å². The molecule has 3 rings (SSSR count). The van der Waals surface area contributed by atoms with Crippen molar-refractivity contribution >= 4 is 23.4 Å². The van der Waals surface area contributed by atoms with Gasteiger partial charge in [-0.05, 0) is 75.0 Å². The zero-order valence-corrected chi connectivity index (χ0v) is 18.2. The fraction of sp³-hybridized carbons (Fsp3) is 0.261. The molecule has 1 amide bonds. The number of rotatable bonds is 9. The van der Waals surface area contributed by atoms with Crippen molar-refractivity contribution in [1.82, 2.24) is 9.97 Å². The molecule has 0 saturated heterocycles. The molecule has 0 bridgehead atoms. The lowest BCUT2D eigenvalue weighted by Gasteiger charge is -2.12. The Balaban J connectivity index is 1.63. The van der Waals surface area contributed by atoms with Gasteiger partial charge in [0.05, 0.1) is 12.2 Å². The summed E-state index contributed by atoms with van der Waals surface area (Å²) >= 11 is 1.49. The summed E-state index contributed by atoms with van der Waals surface area (Å²) in [5, 5.41) is 3.63. The van der Waals surface area contributed by atoms with Crippen LogP contribution in [0, 0.1) is 13.8 Å². The molecule has 0 aliphatic carbocycles. The van der Waals surface area contributed by atoms with E-state index in [4.69, 9.17) is 9.47 Å². The Morgan fingerprint density at radius 3 is 2.40 bits per heavy atom. The first-order chi connectivity index (χ1) is 14.5. The van der Waals surface area contributed by atoms with E-state index in [0.717, 1.165) is 16.3 Å². The van der Waals surface area contributed by atoms with Crippen molar-refractivity contribution in [1.29, 1.82) is 0 Å². The number of hydrogen-bond acceptors (Lipinski definition) is 6. The average molecular weight is 424 g/mol. The van der Waals surface area contributed by atoms with Crippen molar-refractivity contribution in [2.24, 2.45) is 0 Å². The smallest absolute Gasteiger partial charge is 0.259 e. The van der Waals surface area contributed by atoms with E-state index in [1.807, 2.05) is 63.2 Å². The zero-order chi connectivity index (χ0) is 21.3. The van der Waals surface area contributed by atoms with Gasteiger partial charge in [0.2, 0.25) is 0 Å². The van der Waals surface area contributed by atoms with Gasteiger partial charge in [-0.2, -0.15) is 0 Å². The molecular formula is C23H25N3O3S. The van der Waals surface area contributed by atoms with Gasteiger partial charge < -0.3 is 14.8 Å². The number of nitrogens with one attached hydrogen (secondary N) is 1. The molecule has 2 aromatic carbocycles. The molecule has 6 nitrogen and oxygen atoms in total. The van der Waals surface area contributed by atoms with Crippen LogP contribution in [0.25, 0.3) is 0 Å². The summed E-state index contributed by atoms with van der Waals surface area (Å²) in [6.07, 6.45) is 0. The molecule has 1 aromatic heterocycles. The van der Waals surface area contributed by atoms with Gasteiger partial charge in [-0.1, -0.05) is 12.1 Å². The normalized spacial score (nSPS) is 10.6. The van der Waals surface area contributed by atoms with E-state index in [9.17, 15) is 4.79 Å². The van der Waals surface area contributed by atoms with Crippen LogP contribution in [0.5, 0.6) is 5.75 Å². The van der Waals surface area contributed by atoms with E-state index in [-0.39, 0.29) is 5.91 Å². The van der Waals surface area contributed by atoms with E-state index in [1.165, 1.54) is 11.8 Å². The zero-order valence-electron chi connectivity index (χ0n) is 17.3. The number of ether oxygens (including phenoxy) is 2. The molecule has 0 aliphatic heterocycles. The number of nitrogens with zero attached hydrogens (tertiary/aromatic N) is 2. The van der Waals surface area contributed by atoms with Crippen molar-refractivity contribution in [3.8, 4) is 5.75 Å². The predicted octanol–water partition coefficient (Wildman–Crippen LogP) is 4.91. The Labute approximate surface area is 181 Å². The molecule has 0 atom stereocenters. The largest absolute Gasteiger partial charge is 0.490 e. The minimum atomic E-state index is -0.222. The fourth-order valence-electron chi connectivity index (χ4n) is 2.78. The Morgan fingerprint density at radius 1 is 1.00 bits per heavy atom. The molecule has 30 heavy (non-hydrogen) atoms. The topological polar surface area (TPSA) is 73.3 Å². The molecule has 3 aromatic rings. The number of hydrogen-bond donors (Lipinski definition) is 1. The number of carbonyl (C=O) groups excluding carboxylic acids is 1. The summed E-state index contributed by atoms with van der Waals surface area (Å²) in [4.78, 5) is 22.6. The molecule has 0 saturated carbocycles. The number of benzene rings is 2. The molecule has 1 heterocycles. The molecule has 1 N–H and O–H groups in total. The number of aromatic nitrogens is 2. The first-order valence-electron chi connectivity index (χ1n) is 9.76. The van der Waals surface area contributed by atoms with Crippen LogP contribution in [0.15, 0.2) is 64.6 Å². The molecule has 0 aliphatic rings. The minimum absolute atomic E-state index is 0.222. The number of aryl methyl sites for hydroxylation is 2. The third-order valence-electron chi connectivity index (χ3n) is 4.10. The van der Waals surface area contributed by atoms with Gasteiger partial charge in [0, 0.05) is 28.6 Å². The quantitative estimate of drug-likeness (QED) is 0.389. The van der Waals surface area contributed by atoms with Crippen LogP contribution < -0.4 is 10.1 Å². The van der Waals surface area contributed by atoms with Crippen LogP contribution in [0.3, 0.4) is 0 Å². The van der Waals surface area contributed by atoms with Gasteiger partial charge in [-0.15, -0.1) is 0 Å². The second kappa shape index (κ2) is 10.8. The highest BCUT2D eigenvalue weighted by molar-refractivity contribution is 7.99. The van der Waals surface area contributed by atoms with E-state index < -0.39 is 0 Å². The Kier molecular flexibility index (Phi) is 7.82. The molecule has 0 fully saturated rings. The van der Waals surface area contributed by atoms with Crippen LogP contribution in [-0.2, 0) is 4.74 Å². The highest BCUT2D eigenvalue weighted by atomic mass is 32.2. The maximum absolute atomic E-state index is 12.7. The lowest BCUT2D eigenvalue weighted by molar-refractivity contribution is 0.0998. The molecule has 7 heteroatoms. The van der Waals surface area contributed by atoms with Crippen LogP contribution in [0.2, 0.25) is 0 Å². The van der Waals surface area contributed by atoms with Gasteiger partial charge in [0.15, 0.2) is 5.16 Å². The number of amides is 1. The van der Waals surface area contributed by atoms with Crippen molar-refractivity contribution in [3.05, 3.63) is 71.5 Å². The summed E-state index contributed by atoms with van der Waals surface area (Å²) in [6.45, 7) is 7.35. The molecule has 0 spiro atoms. The minimum Gasteiger partial charge on any atom is -0.490 e. The van der Waals surface area contributed by atoms with Crippen LogP contribution in [0.4, 0.5) is 5.69 Å². The van der Waals surface area contributed by atoms with Crippen LogP contribution >= 0.6 is 11.8 Å². The number of para-hydroxylation sites is 1. The number of anilines is 1. The summed E-state index contributed by atoms with van der Waals surface area (Å²) in [5.41, 5.74) is 3.07. The molecule has 0 unspecified atom stereocenters. The highest BCUT2D eigenvalue weighted by Crippen LogP contribution is 2.27. The Bertz CT molecular complexity index is 973. The van der Waals surface area contributed by atoms with Crippen LogP contribution in [0.1, 0.15) is 28.7 Å². The van der Waals surface area contributed by atoms with Gasteiger partial charge in [0.1, 0.15) is 12.4 Å². The summed E-state index contributed by atoms with van der Waals surface area (Å²) in [6, 6.07) is 16.7. The van der Waals surface area contributed by atoms with Crippen LogP contribution in [-0.4, -0.2) is 35.7 Å². The standard InChI is InChI=1S/C23H25N3O3S/c1-4-28-13-14-29-21-8-6-5-7-20(21)22(27)26-18-9-11-19(12-10-18)30-23-24-16(2)15-17(3)25-23/h5-12,15H,4,13-14H2,1-3H3,(H,26,27). The maximum atomic E-state index is 12.7. The third kappa shape index (κ3) is 6.30. The lowest BCUT2D eigenvalue weighted by atomic mass is 10.2. The van der Waals surface area contributed by atoms with Gasteiger partial charge in [-0.25, -0.2) is 9.97 Å². The maximum Gasteiger partial charge on any atom is 0.259 e. The first kappa shape index (κ1) is 21.8. The summed E-state index contributed by atoms with van der Waals surface area (Å²) in [5.74, 6) is 0.314. The molecule has 156 valence electrons. The van der Waals surface area contributed by atoms with Gasteiger partial charge >= 0.3 is 0 Å². The van der Waals surface area contributed by atoms with Crippen molar-refractivity contribution in [2.75, 3.05) is 25.1 Å². The van der Waals surface area contributed by atoms with Gasteiger partial charge in [0.25, 0.3) is 5.91 Å². The first-order valence-corrected chi connectivity index (χ1v) is 10.6. The van der Waals surface area contributed by atoms with E-state index in [2.05, 4.69) is 15.3 Å². The summed E-state index contributed by atoms with van der Waals surface area (Å²) < 4.78 is 11.0. The Hall–Kier alpha value is -2.90. The van der Waals surface area contributed by atoms with Crippen molar-refractivity contribution in [2.45, 2.75) is 30.8 Å². The van der Waals surface area contributed by atoms with E-state index in [0.29, 0.717) is 42.0 Å². The highest BCUT2D eigenvalue weighted by Gasteiger charge is 2.12.